The minimum Gasteiger partial charge on any atom is -0.488 e. The van der Waals surface area contributed by atoms with E-state index in [1.54, 1.807) is 0 Å². The summed E-state index contributed by atoms with van der Waals surface area (Å²) >= 11 is 0. The van der Waals surface area contributed by atoms with Crippen LogP contribution in [0.5, 0.6) is 5.75 Å². The average molecular weight is 358 g/mol. The lowest BCUT2D eigenvalue weighted by Crippen LogP contribution is -2.43. The largest absolute Gasteiger partial charge is 0.488 e. The molecule has 3 aromatic rings. The molecule has 27 heavy (non-hydrogen) atoms. The fraction of sp³-hybridized carbons (Fsp3) is 0.250. The number of hydrogen-bond donors (Lipinski definition) is 1. The Morgan fingerprint density at radius 3 is 2.44 bits per heavy atom. The molecule has 138 valence electrons. The Morgan fingerprint density at radius 1 is 0.889 bits per heavy atom. The Bertz CT molecular complexity index is 886. The quantitative estimate of drug-likeness (QED) is 0.718. The van der Waals surface area contributed by atoms with Crippen LogP contribution in [0.15, 0.2) is 72.8 Å². The second-order valence-corrected chi connectivity index (χ2v) is 7.01. The monoisotopic (exact) mass is 358 g/mol. The van der Waals surface area contributed by atoms with Crippen LogP contribution in [-0.4, -0.2) is 26.2 Å². The molecule has 0 unspecified atom stereocenters. The van der Waals surface area contributed by atoms with Crippen LogP contribution in [0.25, 0.3) is 11.1 Å². The summed E-state index contributed by atoms with van der Waals surface area (Å²) in [6, 6.07) is 25.4. The first kappa shape index (κ1) is 17.6. The van der Waals surface area contributed by atoms with Crippen LogP contribution in [0.2, 0.25) is 0 Å². The van der Waals surface area contributed by atoms with Gasteiger partial charge in [-0.05, 0) is 35.7 Å². The minimum absolute atomic E-state index is 0.578. The molecule has 0 aromatic heterocycles. The Labute approximate surface area is 161 Å². The van der Waals surface area contributed by atoms with Gasteiger partial charge in [-0.2, -0.15) is 0 Å². The number of anilines is 1. The lowest BCUT2D eigenvalue weighted by molar-refractivity contribution is 0.307. The highest BCUT2D eigenvalue weighted by molar-refractivity contribution is 5.75. The number of para-hydroxylation sites is 1. The second-order valence-electron chi connectivity index (χ2n) is 7.01. The van der Waals surface area contributed by atoms with Gasteiger partial charge in [0.05, 0.1) is 0 Å². The van der Waals surface area contributed by atoms with Gasteiger partial charge in [0.15, 0.2) is 0 Å². The molecular weight excluding hydrogens is 332 g/mol. The molecule has 0 bridgehead atoms. The summed E-state index contributed by atoms with van der Waals surface area (Å²) < 4.78 is 6.17. The molecule has 3 aromatic carbocycles. The fourth-order valence-electron chi connectivity index (χ4n) is 3.59. The van der Waals surface area contributed by atoms with Gasteiger partial charge in [-0.3, -0.25) is 0 Å². The van der Waals surface area contributed by atoms with Gasteiger partial charge in [0.1, 0.15) is 12.4 Å². The number of rotatable bonds is 5. The van der Waals surface area contributed by atoms with Crippen molar-refractivity contribution in [1.82, 2.24) is 5.32 Å². The first-order valence-electron chi connectivity index (χ1n) is 9.64. The molecule has 0 aliphatic carbocycles. The van der Waals surface area contributed by atoms with E-state index in [9.17, 15) is 0 Å². The van der Waals surface area contributed by atoms with Gasteiger partial charge in [-0.25, -0.2) is 0 Å². The number of ether oxygens (including phenoxy) is 1. The maximum Gasteiger partial charge on any atom is 0.127 e. The Kier molecular flexibility index (Phi) is 5.40. The van der Waals surface area contributed by atoms with Gasteiger partial charge < -0.3 is 15.0 Å². The number of hydrogen-bond acceptors (Lipinski definition) is 3. The van der Waals surface area contributed by atoms with Crippen molar-refractivity contribution in [2.24, 2.45) is 0 Å². The van der Waals surface area contributed by atoms with Crippen molar-refractivity contribution in [3.8, 4) is 16.9 Å². The summed E-state index contributed by atoms with van der Waals surface area (Å²) in [5.74, 6) is 0.927. The topological polar surface area (TPSA) is 24.5 Å². The van der Waals surface area contributed by atoms with Gasteiger partial charge in [0, 0.05) is 37.4 Å². The van der Waals surface area contributed by atoms with Crippen molar-refractivity contribution in [2.75, 3.05) is 31.1 Å². The zero-order valence-electron chi connectivity index (χ0n) is 15.8. The third kappa shape index (κ3) is 4.15. The van der Waals surface area contributed by atoms with E-state index in [1.165, 1.54) is 22.4 Å². The third-order valence-corrected chi connectivity index (χ3v) is 5.10. The summed E-state index contributed by atoms with van der Waals surface area (Å²) in [4.78, 5) is 2.47. The summed E-state index contributed by atoms with van der Waals surface area (Å²) in [7, 11) is 0. The van der Waals surface area contributed by atoms with E-state index in [4.69, 9.17) is 4.74 Å². The van der Waals surface area contributed by atoms with Crippen LogP contribution in [0.3, 0.4) is 0 Å². The molecule has 1 fully saturated rings. The SMILES string of the molecule is Cc1ccc(-c2ccccc2OCc2ccccc2)cc1N1CCNCC1. The van der Waals surface area contributed by atoms with Crippen molar-refractivity contribution in [3.05, 3.63) is 83.9 Å². The van der Waals surface area contributed by atoms with E-state index in [1.807, 2.05) is 24.3 Å². The number of benzene rings is 3. The van der Waals surface area contributed by atoms with Crippen LogP contribution in [0.4, 0.5) is 5.69 Å². The van der Waals surface area contributed by atoms with Crippen LogP contribution in [0, 0.1) is 6.92 Å². The molecule has 3 heteroatoms. The van der Waals surface area contributed by atoms with E-state index >= 15 is 0 Å². The van der Waals surface area contributed by atoms with E-state index in [2.05, 4.69) is 65.7 Å². The average Bonchev–Trinajstić information content (AvgIpc) is 2.74. The number of aryl methyl sites for hydroxylation is 1. The van der Waals surface area contributed by atoms with E-state index in [-0.39, 0.29) is 0 Å². The Balaban J connectivity index is 1.61. The molecule has 1 aliphatic rings. The van der Waals surface area contributed by atoms with Gasteiger partial charge >= 0.3 is 0 Å². The van der Waals surface area contributed by atoms with Crippen molar-refractivity contribution in [2.45, 2.75) is 13.5 Å². The summed E-state index contributed by atoms with van der Waals surface area (Å²) in [6.45, 7) is 6.96. The number of nitrogens with one attached hydrogen (secondary N) is 1. The van der Waals surface area contributed by atoms with Crippen LogP contribution < -0.4 is 15.0 Å². The molecule has 0 spiro atoms. The molecule has 1 heterocycles. The first-order chi connectivity index (χ1) is 13.3. The van der Waals surface area contributed by atoms with E-state index < -0.39 is 0 Å². The summed E-state index contributed by atoms with van der Waals surface area (Å²) in [5, 5.41) is 3.43. The van der Waals surface area contributed by atoms with E-state index in [0.717, 1.165) is 37.5 Å². The normalized spacial score (nSPS) is 14.2. The molecule has 1 saturated heterocycles. The van der Waals surface area contributed by atoms with Crippen molar-refractivity contribution < 1.29 is 4.74 Å². The maximum absolute atomic E-state index is 6.17. The number of nitrogens with zero attached hydrogens (tertiary/aromatic N) is 1. The molecule has 1 aliphatic heterocycles. The van der Waals surface area contributed by atoms with Crippen molar-refractivity contribution in [1.29, 1.82) is 0 Å². The smallest absolute Gasteiger partial charge is 0.127 e. The summed E-state index contributed by atoms with van der Waals surface area (Å²) in [6.07, 6.45) is 0. The Hall–Kier alpha value is -2.78. The first-order valence-corrected chi connectivity index (χ1v) is 9.64. The molecule has 4 rings (SSSR count). The minimum atomic E-state index is 0.578. The van der Waals surface area contributed by atoms with Gasteiger partial charge in [0.25, 0.3) is 0 Å². The molecule has 1 N–H and O–H groups in total. The Morgan fingerprint density at radius 2 is 1.63 bits per heavy atom. The van der Waals surface area contributed by atoms with Crippen molar-refractivity contribution in [3.63, 3.8) is 0 Å². The lowest BCUT2D eigenvalue weighted by atomic mass is 10.0. The third-order valence-electron chi connectivity index (χ3n) is 5.10. The molecular formula is C24H26N2O. The highest BCUT2D eigenvalue weighted by Crippen LogP contribution is 2.34. The molecule has 0 saturated carbocycles. The highest BCUT2D eigenvalue weighted by atomic mass is 16.5. The van der Waals surface area contributed by atoms with Crippen LogP contribution in [-0.2, 0) is 6.61 Å². The molecule has 0 atom stereocenters. The van der Waals surface area contributed by atoms with Gasteiger partial charge in [-0.15, -0.1) is 0 Å². The number of piperazine rings is 1. The zero-order valence-corrected chi connectivity index (χ0v) is 15.8. The van der Waals surface area contributed by atoms with E-state index in [0.29, 0.717) is 6.61 Å². The standard InChI is InChI=1S/C24H26N2O/c1-19-11-12-21(17-23(19)26-15-13-25-14-16-26)22-9-5-6-10-24(22)27-18-20-7-3-2-4-8-20/h2-12,17,25H,13-16,18H2,1H3. The van der Waals surface area contributed by atoms with Gasteiger partial charge in [0.2, 0.25) is 0 Å². The highest BCUT2D eigenvalue weighted by Gasteiger charge is 2.15. The van der Waals surface area contributed by atoms with Crippen LogP contribution >= 0.6 is 0 Å². The molecule has 0 amide bonds. The zero-order chi connectivity index (χ0) is 18.5. The maximum atomic E-state index is 6.17. The molecule has 3 nitrogen and oxygen atoms in total. The van der Waals surface area contributed by atoms with Crippen LogP contribution in [0.1, 0.15) is 11.1 Å². The molecule has 0 radical (unpaired) electrons. The summed E-state index contributed by atoms with van der Waals surface area (Å²) in [5.41, 5.74) is 6.18. The fourth-order valence-corrected chi connectivity index (χ4v) is 3.59. The predicted molar refractivity (Wildman–Crippen MR) is 112 cm³/mol. The lowest BCUT2D eigenvalue weighted by Gasteiger charge is -2.31. The second kappa shape index (κ2) is 8.28. The van der Waals surface area contributed by atoms with Crippen molar-refractivity contribution >= 4 is 5.69 Å². The predicted octanol–water partition coefficient (Wildman–Crippen LogP) is 4.65. The van der Waals surface area contributed by atoms with Gasteiger partial charge in [-0.1, -0.05) is 60.7 Å².